The minimum Gasteiger partial charge on any atom is -0.477 e. The molecule has 0 atom stereocenters. The molecule has 0 unspecified atom stereocenters. The van der Waals surface area contributed by atoms with Crippen molar-refractivity contribution in [3.63, 3.8) is 0 Å². The van der Waals surface area contributed by atoms with Crippen LogP contribution in [0.1, 0.15) is 67.7 Å². The number of hydrogen-bond acceptors (Lipinski definition) is 2. The molecule has 1 N–H and O–H groups in total. The molecule has 4 heteroatoms. The fraction of sp³-hybridized carbons (Fsp3) is 0.667. The van der Waals surface area contributed by atoms with Crippen molar-refractivity contribution in [1.29, 1.82) is 0 Å². The molecule has 0 aromatic carbocycles. The van der Waals surface area contributed by atoms with Crippen LogP contribution < -0.4 is 0 Å². The van der Waals surface area contributed by atoms with Gasteiger partial charge in [-0.05, 0) is 32.8 Å². The van der Waals surface area contributed by atoms with E-state index in [1.807, 2.05) is 13.8 Å². The molecule has 0 saturated heterocycles. The van der Waals surface area contributed by atoms with Crippen molar-refractivity contribution >= 4 is 5.97 Å². The number of carboxylic acid groups (broad SMARTS) is 1. The topological polar surface area (TPSA) is 55.1 Å². The molecule has 0 radical (unpaired) electrons. The predicted octanol–water partition coefficient (Wildman–Crippen LogP) is 2.82. The van der Waals surface area contributed by atoms with Gasteiger partial charge in [0.25, 0.3) is 0 Å². The van der Waals surface area contributed by atoms with Gasteiger partial charge in [0.15, 0.2) is 0 Å². The Labute approximate surface area is 95.3 Å². The van der Waals surface area contributed by atoms with Crippen molar-refractivity contribution in [2.75, 3.05) is 0 Å². The summed E-state index contributed by atoms with van der Waals surface area (Å²) in [4.78, 5) is 11.1. The fourth-order valence-corrected chi connectivity index (χ4v) is 2.39. The van der Waals surface area contributed by atoms with Crippen LogP contribution in [-0.4, -0.2) is 20.9 Å². The monoisotopic (exact) mass is 222 g/mol. The zero-order chi connectivity index (χ0) is 11.7. The van der Waals surface area contributed by atoms with Gasteiger partial charge < -0.3 is 5.11 Å². The van der Waals surface area contributed by atoms with E-state index in [0.717, 1.165) is 18.5 Å². The first-order valence-electron chi connectivity index (χ1n) is 5.92. The molecule has 0 amide bonds. The molecule has 1 aliphatic rings. The Balaban J connectivity index is 2.34. The molecule has 0 aliphatic heterocycles. The second kappa shape index (κ2) is 4.28. The van der Waals surface area contributed by atoms with E-state index in [-0.39, 0.29) is 6.04 Å². The Morgan fingerprint density at radius 1 is 1.50 bits per heavy atom. The lowest BCUT2D eigenvalue weighted by atomic mass is 10.0. The van der Waals surface area contributed by atoms with E-state index in [1.165, 1.54) is 12.8 Å². The van der Waals surface area contributed by atoms with E-state index in [0.29, 0.717) is 11.6 Å². The van der Waals surface area contributed by atoms with Crippen molar-refractivity contribution in [2.45, 2.75) is 51.5 Å². The average Bonchev–Trinajstić information content (AvgIpc) is 2.86. The third-order valence-corrected chi connectivity index (χ3v) is 3.24. The molecule has 88 valence electrons. The minimum atomic E-state index is -0.884. The molecule has 0 bridgehead atoms. The lowest BCUT2D eigenvalue weighted by Gasteiger charge is -2.08. The summed E-state index contributed by atoms with van der Waals surface area (Å²) in [6.45, 7) is 3.91. The van der Waals surface area contributed by atoms with Gasteiger partial charge in [0.05, 0.1) is 5.69 Å². The number of aromatic nitrogens is 2. The lowest BCUT2D eigenvalue weighted by molar-refractivity contribution is 0.0681. The number of aromatic carboxylic acids is 1. The third-order valence-electron chi connectivity index (χ3n) is 3.24. The third kappa shape index (κ3) is 1.96. The molecular weight excluding hydrogens is 204 g/mol. The molecule has 16 heavy (non-hydrogen) atoms. The second-order valence-corrected chi connectivity index (χ2v) is 4.78. The maximum atomic E-state index is 11.1. The van der Waals surface area contributed by atoms with E-state index in [1.54, 1.807) is 10.7 Å². The highest BCUT2D eigenvalue weighted by Gasteiger charge is 2.23. The standard InChI is InChI=1S/C12H18N2O2/c1-8(2)14-11(12(15)16)7-10(13-14)9-5-3-4-6-9/h7-9H,3-6H2,1-2H3,(H,15,16). The Morgan fingerprint density at radius 2 is 2.12 bits per heavy atom. The summed E-state index contributed by atoms with van der Waals surface area (Å²) in [5.41, 5.74) is 1.28. The molecule has 0 spiro atoms. The summed E-state index contributed by atoms with van der Waals surface area (Å²) in [6, 6.07) is 1.85. The first-order chi connectivity index (χ1) is 7.59. The number of nitrogens with zero attached hydrogens (tertiary/aromatic N) is 2. The first-order valence-corrected chi connectivity index (χ1v) is 5.92. The van der Waals surface area contributed by atoms with Crippen LogP contribution in [0.4, 0.5) is 0 Å². The van der Waals surface area contributed by atoms with Crippen LogP contribution in [0, 0.1) is 0 Å². The normalized spacial score (nSPS) is 17.2. The van der Waals surface area contributed by atoms with Crippen molar-refractivity contribution < 1.29 is 9.90 Å². The summed E-state index contributed by atoms with van der Waals surface area (Å²) in [5.74, 6) is -0.413. The quantitative estimate of drug-likeness (QED) is 0.855. The maximum absolute atomic E-state index is 11.1. The van der Waals surface area contributed by atoms with Gasteiger partial charge in [-0.1, -0.05) is 12.8 Å². The molecule has 1 heterocycles. The SMILES string of the molecule is CC(C)n1nc(C2CCCC2)cc1C(=O)O. The van der Waals surface area contributed by atoms with Gasteiger partial charge in [-0.3, -0.25) is 4.68 Å². The van der Waals surface area contributed by atoms with Crippen molar-refractivity contribution in [2.24, 2.45) is 0 Å². The Kier molecular flexibility index (Phi) is 2.99. The predicted molar refractivity (Wildman–Crippen MR) is 60.8 cm³/mol. The van der Waals surface area contributed by atoms with Gasteiger partial charge in [-0.2, -0.15) is 5.10 Å². The number of rotatable bonds is 3. The van der Waals surface area contributed by atoms with Gasteiger partial charge >= 0.3 is 5.97 Å². The van der Waals surface area contributed by atoms with E-state index in [4.69, 9.17) is 5.11 Å². The largest absolute Gasteiger partial charge is 0.477 e. The zero-order valence-corrected chi connectivity index (χ0v) is 9.81. The lowest BCUT2D eigenvalue weighted by Crippen LogP contribution is -2.12. The van der Waals surface area contributed by atoms with Crippen LogP contribution in [-0.2, 0) is 0 Å². The van der Waals surface area contributed by atoms with Crippen molar-refractivity contribution in [3.05, 3.63) is 17.5 Å². The number of carboxylic acids is 1. The Morgan fingerprint density at radius 3 is 2.56 bits per heavy atom. The van der Waals surface area contributed by atoms with E-state index >= 15 is 0 Å². The smallest absolute Gasteiger partial charge is 0.354 e. The van der Waals surface area contributed by atoms with Crippen LogP contribution in [0.5, 0.6) is 0 Å². The number of hydrogen-bond donors (Lipinski definition) is 1. The molecule has 1 aromatic rings. The fourth-order valence-electron chi connectivity index (χ4n) is 2.39. The molecule has 1 saturated carbocycles. The Bertz CT molecular complexity index is 390. The highest BCUT2D eigenvalue weighted by atomic mass is 16.4. The summed E-state index contributed by atoms with van der Waals surface area (Å²) < 4.78 is 1.62. The molecule has 1 fully saturated rings. The Hall–Kier alpha value is -1.32. The zero-order valence-electron chi connectivity index (χ0n) is 9.81. The van der Waals surface area contributed by atoms with Crippen LogP contribution >= 0.6 is 0 Å². The van der Waals surface area contributed by atoms with Gasteiger partial charge in [-0.15, -0.1) is 0 Å². The molecule has 1 aromatic heterocycles. The average molecular weight is 222 g/mol. The maximum Gasteiger partial charge on any atom is 0.354 e. The second-order valence-electron chi connectivity index (χ2n) is 4.78. The van der Waals surface area contributed by atoms with E-state index in [9.17, 15) is 4.79 Å². The summed E-state index contributed by atoms with van der Waals surface area (Å²) in [6.07, 6.45) is 4.77. The van der Waals surface area contributed by atoms with Gasteiger partial charge in [-0.25, -0.2) is 4.79 Å². The van der Waals surface area contributed by atoms with Gasteiger partial charge in [0.2, 0.25) is 0 Å². The highest BCUT2D eigenvalue weighted by molar-refractivity contribution is 5.85. The van der Waals surface area contributed by atoms with Crippen LogP contribution in [0.3, 0.4) is 0 Å². The summed E-state index contributed by atoms with van der Waals surface area (Å²) >= 11 is 0. The highest BCUT2D eigenvalue weighted by Crippen LogP contribution is 2.33. The van der Waals surface area contributed by atoms with E-state index in [2.05, 4.69) is 5.10 Å². The van der Waals surface area contributed by atoms with Crippen molar-refractivity contribution in [1.82, 2.24) is 9.78 Å². The molecule has 2 rings (SSSR count). The van der Waals surface area contributed by atoms with Gasteiger partial charge in [0.1, 0.15) is 5.69 Å². The van der Waals surface area contributed by atoms with Crippen molar-refractivity contribution in [3.8, 4) is 0 Å². The van der Waals surface area contributed by atoms with Crippen LogP contribution in [0.2, 0.25) is 0 Å². The van der Waals surface area contributed by atoms with Gasteiger partial charge in [0, 0.05) is 12.0 Å². The molecular formula is C12H18N2O2. The van der Waals surface area contributed by atoms with Crippen LogP contribution in [0.25, 0.3) is 0 Å². The molecule has 4 nitrogen and oxygen atoms in total. The molecule has 1 aliphatic carbocycles. The minimum absolute atomic E-state index is 0.0984. The number of carbonyl (C=O) groups is 1. The first kappa shape index (κ1) is 11.2. The van der Waals surface area contributed by atoms with Crippen LogP contribution in [0.15, 0.2) is 6.07 Å². The summed E-state index contributed by atoms with van der Waals surface area (Å²) in [5, 5.41) is 13.6. The summed E-state index contributed by atoms with van der Waals surface area (Å²) in [7, 11) is 0. The van der Waals surface area contributed by atoms with E-state index < -0.39 is 5.97 Å².